The van der Waals surface area contributed by atoms with Crippen molar-refractivity contribution in [1.29, 1.82) is 0 Å². The number of anilines is 2. The summed E-state index contributed by atoms with van der Waals surface area (Å²) in [4.78, 5) is 2.32. The third kappa shape index (κ3) is 5.34. The molecule has 10 aromatic rings. The molecule has 11 rings (SSSR count). The molecule has 0 saturated carbocycles. The summed E-state index contributed by atoms with van der Waals surface area (Å²) in [5.74, 6) is 0. The monoisotopic (exact) mass is 753 g/mol. The molecule has 0 unspecified atom stereocenters. The van der Waals surface area contributed by atoms with Crippen molar-refractivity contribution in [2.75, 3.05) is 4.90 Å². The molecule has 0 aliphatic heterocycles. The van der Waals surface area contributed by atoms with Crippen LogP contribution in [0.25, 0.3) is 67.0 Å². The van der Waals surface area contributed by atoms with Gasteiger partial charge in [0.25, 0.3) is 0 Å². The van der Waals surface area contributed by atoms with Gasteiger partial charge in [-0.3, -0.25) is 0 Å². The van der Waals surface area contributed by atoms with Gasteiger partial charge in [0.2, 0.25) is 0 Å². The predicted octanol–water partition coefficient (Wildman–Crippen LogP) is 13.3. The second-order valence-corrected chi connectivity index (χ2v) is 15.3. The van der Waals surface area contributed by atoms with Crippen molar-refractivity contribution in [1.82, 2.24) is 0 Å². The molecule has 0 saturated heterocycles. The van der Waals surface area contributed by atoms with E-state index in [9.17, 15) is 0 Å². The number of benzene rings is 9. The van der Waals surface area contributed by atoms with Gasteiger partial charge >= 0.3 is 0 Å². The highest BCUT2D eigenvalue weighted by molar-refractivity contribution is 6.08. The van der Waals surface area contributed by atoms with Crippen molar-refractivity contribution < 1.29 is 4.42 Å². The molecule has 1 aliphatic rings. The topological polar surface area (TPSA) is 16.4 Å². The van der Waals surface area contributed by atoms with E-state index in [4.69, 9.17) is 4.42 Å². The van der Waals surface area contributed by atoms with Gasteiger partial charge in [-0.15, -0.1) is 0 Å². The van der Waals surface area contributed by atoms with E-state index in [0.717, 1.165) is 38.8 Å². The molecule has 1 heterocycles. The van der Waals surface area contributed by atoms with E-state index in [1.807, 2.05) is 24.3 Å². The molecule has 2 heteroatoms. The van der Waals surface area contributed by atoms with Crippen LogP contribution in [0.3, 0.4) is 0 Å². The Balaban J connectivity index is 1.15. The van der Waals surface area contributed by atoms with E-state index in [-0.39, 0.29) is 0 Å². The first-order chi connectivity index (χ1) is 29.1. The lowest BCUT2D eigenvalue weighted by Gasteiger charge is -2.35. The van der Waals surface area contributed by atoms with Crippen LogP contribution in [0, 0.1) is 0 Å². The van der Waals surface area contributed by atoms with Gasteiger partial charge in [0.05, 0.1) is 16.3 Å². The Bertz CT molecular complexity index is 3320. The second kappa shape index (κ2) is 13.8. The van der Waals surface area contributed by atoms with Crippen molar-refractivity contribution in [3.8, 4) is 22.3 Å². The minimum absolute atomic E-state index is 0.547. The average molecular weight is 754 g/mol. The zero-order chi connectivity index (χ0) is 39.5. The maximum atomic E-state index is 6.31. The first-order valence-corrected chi connectivity index (χ1v) is 20.1. The molecule has 278 valence electrons. The predicted molar refractivity (Wildman–Crippen MR) is 247 cm³/mol. The largest absolute Gasteiger partial charge is 0.457 e. The Morgan fingerprint density at radius 1 is 0.475 bits per heavy atom. The minimum atomic E-state index is -0.547. The molecule has 1 aromatic heterocycles. The van der Waals surface area contributed by atoms with Gasteiger partial charge in [-0.1, -0.05) is 183 Å². The van der Waals surface area contributed by atoms with E-state index in [2.05, 4.69) is 206 Å². The average Bonchev–Trinajstić information content (AvgIpc) is 3.80. The van der Waals surface area contributed by atoms with Crippen LogP contribution in [0.4, 0.5) is 11.4 Å². The van der Waals surface area contributed by atoms with E-state index in [0.29, 0.717) is 5.42 Å². The molecular weight excluding hydrogens is 715 g/mol. The molecule has 0 amide bonds. The highest BCUT2D eigenvalue weighted by Crippen LogP contribution is 2.57. The molecule has 1 aliphatic carbocycles. The lowest BCUT2D eigenvalue weighted by molar-refractivity contribution is 0.577. The van der Waals surface area contributed by atoms with Gasteiger partial charge < -0.3 is 9.32 Å². The maximum Gasteiger partial charge on any atom is 0.135 e. The SMILES string of the molecule is C=C/C(=c1\c(=C)oc2ccccc12)N(c1ccc(-c2ccc3ccc4ccccc4c3c2)cc1)c1ccc2c(c1)C(c1ccccc1)(c1ccccc1)c1ccccc1-2. The van der Waals surface area contributed by atoms with Crippen molar-refractivity contribution in [2.45, 2.75) is 5.41 Å². The minimum Gasteiger partial charge on any atom is -0.457 e. The highest BCUT2D eigenvalue weighted by Gasteiger charge is 2.46. The van der Waals surface area contributed by atoms with Gasteiger partial charge in [0.1, 0.15) is 11.0 Å². The molecule has 0 fully saturated rings. The van der Waals surface area contributed by atoms with Crippen LogP contribution in [0.2, 0.25) is 0 Å². The number of furan rings is 1. The van der Waals surface area contributed by atoms with Crippen LogP contribution >= 0.6 is 0 Å². The third-order valence-corrected chi connectivity index (χ3v) is 12.3. The summed E-state index contributed by atoms with van der Waals surface area (Å²) in [6.07, 6.45) is 1.94. The van der Waals surface area contributed by atoms with Crippen LogP contribution in [0.5, 0.6) is 0 Å². The summed E-state index contributed by atoms with van der Waals surface area (Å²) < 4.78 is 6.31. The third-order valence-electron chi connectivity index (χ3n) is 12.3. The molecule has 9 aromatic carbocycles. The lowest BCUT2D eigenvalue weighted by Crippen LogP contribution is -2.30. The van der Waals surface area contributed by atoms with Gasteiger partial charge in [-0.25, -0.2) is 0 Å². The standard InChI is InChI=1S/C57H39NO/c1-3-54(56-38(2)59-55-25-15-13-23-50(55)56)58(45-32-30-39(31-33-45)42-29-28-41-27-26-40-16-10-11-21-47(40)51(41)36-42)46-34-35-49-48-22-12-14-24-52(48)57(53(49)37-46,43-17-6-4-7-18-43)44-19-8-5-9-20-44/h3-37H,1-2H2/b56-54-. The van der Waals surface area contributed by atoms with Crippen LogP contribution in [0.1, 0.15) is 22.3 Å². The van der Waals surface area contributed by atoms with Crippen molar-refractivity contribution in [3.63, 3.8) is 0 Å². The van der Waals surface area contributed by atoms with Crippen LogP contribution in [-0.4, -0.2) is 0 Å². The smallest absolute Gasteiger partial charge is 0.135 e. The summed E-state index contributed by atoms with van der Waals surface area (Å²) in [7, 11) is 0. The Hall–Kier alpha value is -7.68. The Labute approximate surface area is 343 Å². The number of hydrogen-bond acceptors (Lipinski definition) is 2. The molecule has 0 atom stereocenters. The maximum absolute atomic E-state index is 6.31. The number of rotatable bonds is 7. The summed E-state index contributed by atoms with van der Waals surface area (Å²) >= 11 is 0. The molecule has 0 bridgehead atoms. The van der Waals surface area contributed by atoms with E-state index < -0.39 is 5.41 Å². The van der Waals surface area contributed by atoms with E-state index in [1.165, 1.54) is 60.5 Å². The lowest BCUT2D eigenvalue weighted by atomic mass is 9.67. The molecule has 2 nitrogen and oxygen atoms in total. The highest BCUT2D eigenvalue weighted by atomic mass is 16.3. The van der Waals surface area contributed by atoms with Crippen LogP contribution in [0.15, 0.2) is 223 Å². The van der Waals surface area contributed by atoms with Gasteiger partial charge in [-0.2, -0.15) is 0 Å². The summed E-state index contributed by atoms with van der Waals surface area (Å²) in [5, 5.41) is 6.90. The Morgan fingerprint density at radius 3 is 1.80 bits per heavy atom. The molecular formula is C57H39NO. The first kappa shape index (κ1) is 34.6. The van der Waals surface area contributed by atoms with E-state index in [1.54, 1.807) is 0 Å². The van der Waals surface area contributed by atoms with Gasteiger partial charge in [0.15, 0.2) is 0 Å². The number of nitrogens with zero attached hydrogens (tertiary/aromatic N) is 1. The molecule has 0 radical (unpaired) electrons. The van der Waals surface area contributed by atoms with Crippen molar-refractivity contribution >= 4 is 56.2 Å². The molecule has 59 heavy (non-hydrogen) atoms. The Kier molecular flexibility index (Phi) is 8.06. The fourth-order valence-corrected chi connectivity index (χ4v) is 9.67. The molecule has 0 N–H and O–H groups in total. The zero-order valence-electron chi connectivity index (χ0n) is 32.5. The first-order valence-electron chi connectivity index (χ1n) is 20.1. The van der Waals surface area contributed by atoms with Crippen molar-refractivity contribution in [3.05, 3.63) is 252 Å². The fourth-order valence-electron chi connectivity index (χ4n) is 9.67. The van der Waals surface area contributed by atoms with Crippen LogP contribution < -0.4 is 15.5 Å². The number of para-hydroxylation sites is 1. The van der Waals surface area contributed by atoms with E-state index >= 15 is 0 Å². The quantitative estimate of drug-likeness (QED) is 0.151. The van der Waals surface area contributed by atoms with Gasteiger partial charge in [0, 0.05) is 16.8 Å². The zero-order valence-corrected chi connectivity index (χ0v) is 32.5. The summed E-state index contributed by atoms with van der Waals surface area (Å²) in [6, 6.07) is 74.6. The Morgan fingerprint density at radius 2 is 1.05 bits per heavy atom. The summed E-state index contributed by atoms with van der Waals surface area (Å²) in [5.41, 5.74) is 13.5. The summed E-state index contributed by atoms with van der Waals surface area (Å²) in [6.45, 7) is 8.86. The normalized spacial score (nSPS) is 13.3. The molecule has 0 spiro atoms. The van der Waals surface area contributed by atoms with Crippen LogP contribution in [-0.2, 0) is 5.41 Å². The number of fused-ring (bicyclic) bond motifs is 7. The second-order valence-electron chi connectivity index (χ2n) is 15.3. The van der Waals surface area contributed by atoms with Crippen molar-refractivity contribution in [2.24, 2.45) is 0 Å². The number of hydrogen-bond donors (Lipinski definition) is 0. The fraction of sp³-hybridized carbons (Fsp3) is 0.0175. The van der Waals surface area contributed by atoms with Gasteiger partial charge in [-0.05, 0) is 109 Å².